The summed E-state index contributed by atoms with van der Waals surface area (Å²) in [5.41, 5.74) is 0. The molecule has 0 saturated heterocycles. The van der Waals surface area contributed by atoms with Gasteiger partial charge in [0, 0.05) is 0 Å². The highest BCUT2D eigenvalue weighted by Crippen LogP contribution is 2.00. The van der Waals surface area contributed by atoms with Gasteiger partial charge in [0.05, 0.1) is 6.61 Å². The van der Waals surface area contributed by atoms with E-state index in [1.807, 2.05) is 0 Å². The lowest BCUT2D eigenvalue weighted by Gasteiger charge is -2.20. The number of aliphatic carboxylic acids is 1. The molecular formula is C6H9O7-. The number of carboxylic acid groups (broad SMARTS) is 1. The summed E-state index contributed by atoms with van der Waals surface area (Å²) in [5.74, 6) is -3.92. The number of aliphatic hydroxyl groups excluding tert-OH is 4. The number of Topliss-reactive ketones (excluding diaryl/α,β-unsaturated/α-hetero) is 1. The van der Waals surface area contributed by atoms with Crippen molar-refractivity contribution in [3.8, 4) is 0 Å². The number of ketones is 1. The molecule has 0 spiro atoms. The molecule has 0 rings (SSSR count). The summed E-state index contributed by atoms with van der Waals surface area (Å²) in [4.78, 5) is 20.3. The highest BCUT2D eigenvalue weighted by molar-refractivity contribution is 6.33. The van der Waals surface area contributed by atoms with E-state index in [1.54, 1.807) is 0 Å². The number of hydrogen-bond acceptors (Lipinski definition) is 7. The Morgan fingerprint density at radius 2 is 1.69 bits per heavy atom. The zero-order chi connectivity index (χ0) is 10.6. The first kappa shape index (κ1) is 12.0. The molecule has 0 radical (unpaired) electrons. The topological polar surface area (TPSA) is 138 Å². The second kappa shape index (κ2) is 4.87. The average molecular weight is 193 g/mol. The molecule has 4 N–H and O–H groups in total. The van der Waals surface area contributed by atoms with Crippen LogP contribution < -0.4 is 5.11 Å². The van der Waals surface area contributed by atoms with Gasteiger partial charge in [0.25, 0.3) is 0 Å². The fourth-order valence-electron chi connectivity index (χ4n) is 0.594. The van der Waals surface area contributed by atoms with Crippen LogP contribution in [0.4, 0.5) is 0 Å². The summed E-state index contributed by atoms with van der Waals surface area (Å²) < 4.78 is 0. The summed E-state index contributed by atoms with van der Waals surface area (Å²) in [6, 6.07) is 0. The summed E-state index contributed by atoms with van der Waals surface area (Å²) >= 11 is 0. The van der Waals surface area contributed by atoms with Crippen molar-refractivity contribution in [2.75, 3.05) is 6.61 Å². The zero-order valence-corrected chi connectivity index (χ0v) is 6.45. The fourth-order valence-corrected chi connectivity index (χ4v) is 0.594. The summed E-state index contributed by atoms with van der Waals surface area (Å²) in [7, 11) is 0. The Labute approximate surface area is 72.9 Å². The van der Waals surface area contributed by atoms with Crippen LogP contribution in [0, 0.1) is 0 Å². The van der Waals surface area contributed by atoms with Gasteiger partial charge in [-0.15, -0.1) is 0 Å². The lowest BCUT2D eigenvalue weighted by Crippen LogP contribution is -2.49. The molecule has 0 aliphatic heterocycles. The van der Waals surface area contributed by atoms with Crippen molar-refractivity contribution in [2.24, 2.45) is 0 Å². The predicted octanol–water partition coefficient (Wildman–Crippen LogP) is -4.62. The van der Waals surface area contributed by atoms with E-state index in [9.17, 15) is 14.7 Å². The molecule has 13 heavy (non-hydrogen) atoms. The Morgan fingerprint density at radius 3 is 2.00 bits per heavy atom. The van der Waals surface area contributed by atoms with Crippen molar-refractivity contribution >= 4 is 11.8 Å². The van der Waals surface area contributed by atoms with Gasteiger partial charge in [0.15, 0.2) is 0 Å². The third-order valence-corrected chi connectivity index (χ3v) is 1.37. The van der Waals surface area contributed by atoms with Crippen LogP contribution in [0.3, 0.4) is 0 Å². The Hall–Kier alpha value is -1.02. The van der Waals surface area contributed by atoms with Crippen molar-refractivity contribution in [2.45, 2.75) is 18.3 Å². The molecular weight excluding hydrogens is 184 g/mol. The number of carboxylic acids is 1. The van der Waals surface area contributed by atoms with E-state index < -0.39 is 36.7 Å². The molecule has 0 amide bonds. The first-order valence-electron chi connectivity index (χ1n) is 3.32. The number of carbonyl (C=O) groups excluding carboxylic acids is 2. The standard InChI is InChI=1S/C6H10O7/c7-1-2(8)3(9)4(10)5(11)6(12)13/h2-4,7-10H,1H2,(H,12,13)/p-1/t2-,3-,4-/m0/s1. The SMILES string of the molecule is O=C([O-])C(=O)[C@@H](O)[C@@H](O)[C@@H](O)CO. The number of carbonyl (C=O) groups is 2. The van der Waals surface area contributed by atoms with Gasteiger partial charge in [-0.25, -0.2) is 0 Å². The molecule has 0 heterocycles. The first-order chi connectivity index (χ1) is 5.91. The van der Waals surface area contributed by atoms with E-state index in [2.05, 4.69) is 0 Å². The Balaban J connectivity index is 4.33. The van der Waals surface area contributed by atoms with Crippen molar-refractivity contribution in [3.63, 3.8) is 0 Å². The minimum atomic E-state index is -2.30. The maximum Gasteiger partial charge on any atom is 0.209 e. The van der Waals surface area contributed by atoms with Gasteiger partial charge >= 0.3 is 0 Å². The normalized spacial score (nSPS) is 17.5. The Kier molecular flexibility index (Phi) is 4.49. The average Bonchev–Trinajstić information content (AvgIpc) is 2.12. The minimum absolute atomic E-state index is 0.904. The van der Waals surface area contributed by atoms with Crippen molar-refractivity contribution < 1.29 is 35.1 Å². The molecule has 0 aliphatic rings. The molecule has 0 fully saturated rings. The lowest BCUT2D eigenvalue weighted by molar-refractivity contribution is -0.301. The number of rotatable bonds is 5. The van der Waals surface area contributed by atoms with Crippen LogP contribution in [-0.4, -0.2) is 57.1 Å². The molecule has 0 aromatic heterocycles. The molecule has 3 atom stereocenters. The van der Waals surface area contributed by atoms with Gasteiger partial charge in [-0.05, 0) is 0 Å². The first-order valence-corrected chi connectivity index (χ1v) is 3.32. The summed E-state index contributed by atoms with van der Waals surface area (Å²) in [6.07, 6.45) is -6.12. The maximum atomic E-state index is 10.4. The number of hydrogen-bond donors (Lipinski definition) is 4. The molecule has 7 heteroatoms. The third kappa shape index (κ3) is 3.07. The van der Waals surface area contributed by atoms with Crippen molar-refractivity contribution in [3.05, 3.63) is 0 Å². The highest BCUT2D eigenvalue weighted by Gasteiger charge is 2.30. The molecule has 76 valence electrons. The summed E-state index contributed by atoms with van der Waals surface area (Å²) in [6.45, 7) is -0.904. The highest BCUT2D eigenvalue weighted by atomic mass is 16.4. The van der Waals surface area contributed by atoms with Gasteiger partial charge in [0.2, 0.25) is 5.78 Å². The van der Waals surface area contributed by atoms with Crippen LogP contribution in [0.1, 0.15) is 0 Å². The molecule has 0 aliphatic carbocycles. The quantitative estimate of drug-likeness (QED) is 0.322. The van der Waals surface area contributed by atoms with E-state index in [0.29, 0.717) is 0 Å². The maximum absolute atomic E-state index is 10.4. The van der Waals surface area contributed by atoms with E-state index in [0.717, 1.165) is 0 Å². The van der Waals surface area contributed by atoms with E-state index in [4.69, 9.17) is 20.4 Å². The fraction of sp³-hybridized carbons (Fsp3) is 0.667. The van der Waals surface area contributed by atoms with Crippen LogP contribution in [0.25, 0.3) is 0 Å². The van der Waals surface area contributed by atoms with Gasteiger partial charge in [0.1, 0.15) is 24.3 Å². The van der Waals surface area contributed by atoms with Gasteiger partial charge in [-0.3, -0.25) is 4.79 Å². The Morgan fingerprint density at radius 1 is 1.23 bits per heavy atom. The second-order valence-corrected chi connectivity index (χ2v) is 2.34. The van der Waals surface area contributed by atoms with E-state index >= 15 is 0 Å². The van der Waals surface area contributed by atoms with Crippen molar-refractivity contribution in [1.29, 1.82) is 0 Å². The van der Waals surface area contributed by atoms with Crippen LogP contribution >= 0.6 is 0 Å². The molecule has 7 nitrogen and oxygen atoms in total. The van der Waals surface area contributed by atoms with Gasteiger partial charge in [-0.2, -0.15) is 0 Å². The predicted molar refractivity (Wildman–Crippen MR) is 35.1 cm³/mol. The van der Waals surface area contributed by atoms with Crippen molar-refractivity contribution in [1.82, 2.24) is 0 Å². The van der Waals surface area contributed by atoms with Crippen LogP contribution in [0.15, 0.2) is 0 Å². The number of aliphatic hydroxyl groups is 4. The lowest BCUT2D eigenvalue weighted by atomic mass is 10.1. The van der Waals surface area contributed by atoms with Gasteiger partial charge in [-0.1, -0.05) is 0 Å². The largest absolute Gasteiger partial charge is 0.542 e. The van der Waals surface area contributed by atoms with Crippen LogP contribution in [0.5, 0.6) is 0 Å². The molecule has 0 bridgehead atoms. The smallest absolute Gasteiger partial charge is 0.209 e. The minimum Gasteiger partial charge on any atom is -0.542 e. The third-order valence-electron chi connectivity index (χ3n) is 1.37. The molecule has 0 unspecified atom stereocenters. The zero-order valence-electron chi connectivity index (χ0n) is 6.45. The monoisotopic (exact) mass is 193 g/mol. The molecule has 0 saturated carbocycles. The van der Waals surface area contributed by atoms with Crippen LogP contribution in [-0.2, 0) is 9.59 Å². The summed E-state index contributed by atoms with van der Waals surface area (Å²) in [5, 5.41) is 44.5. The second-order valence-electron chi connectivity index (χ2n) is 2.34. The molecule has 0 aromatic rings. The Bertz CT molecular complexity index is 201. The van der Waals surface area contributed by atoms with E-state index in [-0.39, 0.29) is 0 Å². The van der Waals surface area contributed by atoms with Crippen LogP contribution in [0.2, 0.25) is 0 Å². The van der Waals surface area contributed by atoms with E-state index in [1.165, 1.54) is 0 Å². The molecule has 0 aromatic carbocycles. The van der Waals surface area contributed by atoms with Gasteiger partial charge < -0.3 is 30.3 Å².